The minimum Gasteiger partial charge on any atom is -0.351 e. The van der Waals surface area contributed by atoms with Crippen LogP contribution in [0.4, 0.5) is 14.5 Å². The lowest BCUT2D eigenvalue weighted by Gasteiger charge is -2.04. The average Bonchev–Trinajstić information content (AvgIpc) is 2.29. The SMILES string of the molecule is O=C(NCCc1ccc([N+](=O)[O-])cc1)C(F)F. The molecule has 1 amide bonds. The van der Waals surface area contributed by atoms with Crippen LogP contribution in [0.2, 0.25) is 0 Å². The van der Waals surface area contributed by atoms with Gasteiger partial charge in [-0.2, -0.15) is 8.78 Å². The largest absolute Gasteiger partial charge is 0.351 e. The van der Waals surface area contributed by atoms with Gasteiger partial charge in [0.05, 0.1) is 4.92 Å². The highest BCUT2D eigenvalue weighted by Gasteiger charge is 2.13. The Morgan fingerprint density at radius 2 is 1.94 bits per heavy atom. The smallest absolute Gasteiger partial charge is 0.315 e. The van der Waals surface area contributed by atoms with Gasteiger partial charge in [0.15, 0.2) is 0 Å². The molecule has 0 saturated heterocycles. The molecule has 1 aromatic rings. The molecular weight excluding hydrogens is 234 g/mol. The number of nitrogens with zero attached hydrogens (tertiary/aromatic N) is 1. The lowest BCUT2D eigenvalue weighted by atomic mass is 10.1. The maximum atomic E-state index is 11.8. The summed E-state index contributed by atoms with van der Waals surface area (Å²) in [7, 11) is 0. The molecule has 1 rings (SSSR count). The van der Waals surface area contributed by atoms with E-state index in [1.54, 1.807) is 0 Å². The van der Waals surface area contributed by atoms with E-state index in [1.165, 1.54) is 24.3 Å². The van der Waals surface area contributed by atoms with Gasteiger partial charge in [0.2, 0.25) is 0 Å². The van der Waals surface area contributed by atoms with Gasteiger partial charge in [-0.15, -0.1) is 0 Å². The first kappa shape index (κ1) is 13.0. The van der Waals surface area contributed by atoms with Crippen molar-refractivity contribution in [2.24, 2.45) is 0 Å². The quantitative estimate of drug-likeness (QED) is 0.630. The molecular formula is C10H10F2N2O3. The van der Waals surface area contributed by atoms with Gasteiger partial charge >= 0.3 is 6.43 Å². The van der Waals surface area contributed by atoms with Crippen molar-refractivity contribution >= 4 is 11.6 Å². The van der Waals surface area contributed by atoms with E-state index >= 15 is 0 Å². The summed E-state index contributed by atoms with van der Waals surface area (Å²) in [4.78, 5) is 20.4. The Balaban J connectivity index is 2.42. The van der Waals surface area contributed by atoms with Crippen LogP contribution in [-0.2, 0) is 11.2 Å². The number of nitro groups is 1. The van der Waals surface area contributed by atoms with E-state index in [0.29, 0.717) is 6.42 Å². The van der Waals surface area contributed by atoms with E-state index in [1.807, 2.05) is 5.32 Å². The highest BCUT2D eigenvalue weighted by Crippen LogP contribution is 2.11. The van der Waals surface area contributed by atoms with E-state index in [2.05, 4.69) is 0 Å². The summed E-state index contributed by atoms with van der Waals surface area (Å²) in [5.74, 6) is -1.31. The monoisotopic (exact) mass is 244 g/mol. The van der Waals surface area contributed by atoms with Gasteiger partial charge in [-0.25, -0.2) is 0 Å². The van der Waals surface area contributed by atoms with Gasteiger partial charge in [0.1, 0.15) is 0 Å². The Labute approximate surface area is 95.6 Å². The number of hydrogen-bond acceptors (Lipinski definition) is 3. The van der Waals surface area contributed by atoms with Crippen molar-refractivity contribution in [2.75, 3.05) is 6.54 Å². The lowest BCUT2D eigenvalue weighted by Crippen LogP contribution is -2.31. The molecule has 0 aliphatic heterocycles. The fourth-order valence-corrected chi connectivity index (χ4v) is 1.19. The van der Waals surface area contributed by atoms with Crippen LogP contribution >= 0.6 is 0 Å². The standard InChI is InChI=1S/C10H10F2N2O3/c11-9(12)10(15)13-6-5-7-1-3-8(4-2-7)14(16)17/h1-4,9H,5-6H2,(H,13,15). The van der Waals surface area contributed by atoms with E-state index < -0.39 is 17.3 Å². The van der Waals surface area contributed by atoms with Gasteiger partial charge in [-0.3, -0.25) is 14.9 Å². The molecule has 0 heterocycles. The first-order valence-electron chi connectivity index (χ1n) is 4.80. The van der Waals surface area contributed by atoms with Gasteiger partial charge < -0.3 is 5.32 Å². The maximum Gasteiger partial charge on any atom is 0.315 e. The van der Waals surface area contributed by atoms with E-state index in [-0.39, 0.29) is 12.2 Å². The molecule has 0 saturated carbocycles. The van der Waals surface area contributed by atoms with Gasteiger partial charge in [0.25, 0.3) is 11.6 Å². The number of nitro benzene ring substituents is 1. The molecule has 17 heavy (non-hydrogen) atoms. The van der Waals surface area contributed by atoms with Crippen molar-refractivity contribution in [3.8, 4) is 0 Å². The van der Waals surface area contributed by atoms with Gasteiger partial charge in [-0.1, -0.05) is 12.1 Å². The third kappa shape index (κ3) is 4.13. The summed E-state index contributed by atoms with van der Waals surface area (Å²) in [6.45, 7) is 0.0704. The molecule has 0 unspecified atom stereocenters. The molecule has 0 bridgehead atoms. The number of halogens is 2. The summed E-state index contributed by atoms with van der Waals surface area (Å²) in [5, 5.41) is 12.4. The Bertz CT molecular complexity index is 407. The minimum absolute atomic E-state index is 0.0367. The fraction of sp³-hybridized carbons (Fsp3) is 0.300. The highest BCUT2D eigenvalue weighted by molar-refractivity contribution is 5.79. The first-order valence-corrected chi connectivity index (χ1v) is 4.80. The Morgan fingerprint density at radius 3 is 2.41 bits per heavy atom. The zero-order valence-electron chi connectivity index (χ0n) is 8.73. The molecule has 0 aliphatic rings. The van der Waals surface area contributed by atoms with Crippen LogP contribution in [0.3, 0.4) is 0 Å². The van der Waals surface area contributed by atoms with Crippen LogP contribution in [0.1, 0.15) is 5.56 Å². The summed E-state index contributed by atoms with van der Waals surface area (Å²) < 4.78 is 23.6. The summed E-state index contributed by atoms with van der Waals surface area (Å²) in [6, 6.07) is 5.69. The maximum absolute atomic E-state index is 11.8. The predicted octanol–water partition coefficient (Wildman–Crippen LogP) is 1.52. The molecule has 0 aromatic heterocycles. The number of rotatable bonds is 5. The Hall–Kier alpha value is -2.05. The molecule has 1 N–H and O–H groups in total. The molecule has 7 heteroatoms. The van der Waals surface area contributed by atoms with Crippen molar-refractivity contribution in [1.29, 1.82) is 0 Å². The van der Waals surface area contributed by atoms with Crippen LogP contribution in [0, 0.1) is 10.1 Å². The van der Waals surface area contributed by atoms with Crippen molar-refractivity contribution in [3.05, 3.63) is 39.9 Å². The lowest BCUT2D eigenvalue weighted by molar-refractivity contribution is -0.384. The van der Waals surface area contributed by atoms with Crippen molar-refractivity contribution < 1.29 is 18.5 Å². The molecule has 5 nitrogen and oxygen atoms in total. The number of hydrogen-bond donors (Lipinski definition) is 1. The van der Waals surface area contributed by atoms with Crippen LogP contribution in [0.15, 0.2) is 24.3 Å². The molecule has 0 spiro atoms. The molecule has 0 radical (unpaired) electrons. The predicted molar refractivity (Wildman–Crippen MR) is 55.8 cm³/mol. The zero-order valence-corrected chi connectivity index (χ0v) is 8.73. The van der Waals surface area contributed by atoms with Crippen molar-refractivity contribution in [2.45, 2.75) is 12.8 Å². The second-order valence-corrected chi connectivity index (χ2v) is 3.27. The average molecular weight is 244 g/mol. The van der Waals surface area contributed by atoms with Crippen LogP contribution in [0.25, 0.3) is 0 Å². The van der Waals surface area contributed by atoms with Gasteiger partial charge in [0, 0.05) is 18.7 Å². The topological polar surface area (TPSA) is 72.2 Å². The summed E-state index contributed by atoms with van der Waals surface area (Å²) in [5.41, 5.74) is 0.690. The summed E-state index contributed by atoms with van der Waals surface area (Å²) >= 11 is 0. The number of amides is 1. The molecule has 1 aromatic carbocycles. The number of benzene rings is 1. The van der Waals surface area contributed by atoms with Crippen molar-refractivity contribution in [3.63, 3.8) is 0 Å². The third-order valence-electron chi connectivity index (χ3n) is 2.06. The van der Waals surface area contributed by atoms with Crippen LogP contribution in [0.5, 0.6) is 0 Å². The normalized spacial score (nSPS) is 10.3. The number of carbonyl (C=O) groups excluding carboxylic acids is 1. The van der Waals surface area contributed by atoms with E-state index in [0.717, 1.165) is 5.56 Å². The molecule has 0 fully saturated rings. The van der Waals surface area contributed by atoms with Crippen molar-refractivity contribution in [1.82, 2.24) is 5.32 Å². The third-order valence-corrected chi connectivity index (χ3v) is 2.06. The minimum atomic E-state index is -3.02. The first-order chi connectivity index (χ1) is 8.00. The van der Waals surface area contributed by atoms with Crippen LogP contribution in [-0.4, -0.2) is 23.8 Å². The Kier molecular flexibility index (Phi) is 4.50. The van der Waals surface area contributed by atoms with E-state index in [4.69, 9.17) is 0 Å². The summed E-state index contributed by atoms with van der Waals surface area (Å²) in [6.07, 6.45) is -2.68. The number of nitrogens with one attached hydrogen (secondary N) is 1. The van der Waals surface area contributed by atoms with Crippen LogP contribution < -0.4 is 5.32 Å². The second kappa shape index (κ2) is 5.88. The van der Waals surface area contributed by atoms with E-state index in [9.17, 15) is 23.7 Å². The number of non-ortho nitro benzene ring substituents is 1. The fourth-order valence-electron chi connectivity index (χ4n) is 1.19. The molecule has 92 valence electrons. The number of carbonyl (C=O) groups is 1. The molecule has 0 aliphatic carbocycles. The second-order valence-electron chi connectivity index (χ2n) is 3.27. The zero-order chi connectivity index (χ0) is 12.8. The Morgan fingerprint density at radius 1 is 1.35 bits per heavy atom. The highest BCUT2D eigenvalue weighted by atomic mass is 19.3. The molecule has 0 atom stereocenters. The number of alkyl halides is 2. The van der Waals surface area contributed by atoms with Gasteiger partial charge in [-0.05, 0) is 12.0 Å².